The summed E-state index contributed by atoms with van der Waals surface area (Å²) in [7, 11) is 3.16. The van der Waals surface area contributed by atoms with E-state index in [1.165, 1.54) is 16.8 Å². The number of rotatable bonds is 6. The van der Waals surface area contributed by atoms with Gasteiger partial charge in [0.2, 0.25) is 0 Å². The fraction of sp³-hybridized carbons (Fsp3) is 0.688. The van der Waals surface area contributed by atoms with Gasteiger partial charge < -0.3 is 10.2 Å². The third kappa shape index (κ3) is 7.30. The Morgan fingerprint density at radius 3 is 2.54 bits per heavy atom. The Morgan fingerprint density at radius 2 is 2.00 bits per heavy atom. The van der Waals surface area contributed by atoms with E-state index >= 15 is 0 Å². The van der Waals surface area contributed by atoms with E-state index in [9.17, 15) is 13.2 Å². The number of hydrogen-bond acceptors (Lipinski definition) is 4. The maximum Gasteiger partial charge on any atom is 0.401 e. The largest absolute Gasteiger partial charge is 0.401 e. The molecule has 5 nitrogen and oxygen atoms in total. The molecule has 0 aromatic carbocycles. The molecule has 1 N–H and O–H groups in total. The minimum atomic E-state index is -4.17. The number of piperazine rings is 1. The third-order valence-corrected chi connectivity index (χ3v) is 5.33. The average molecular weight is 412 g/mol. The van der Waals surface area contributed by atoms with Crippen LogP contribution >= 0.6 is 22.9 Å². The number of hydrogen-bond donors (Lipinski definition) is 1. The monoisotopic (exact) mass is 411 g/mol. The van der Waals surface area contributed by atoms with Gasteiger partial charge in [-0.05, 0) is 19.2 Å². The summed E-state index contributed by atoms with van der Waals surface area (Å²) in [5, 5.41) is 3.16. The van der Waals surface area contributed by atoms with Crippen molar-refractivity contribution in [3.63, 3.8) is 0 Å². The first-order valence-electron chi connectivity index (χ1n) is 8.44. The number of aliphatic imine (C=N–C) groups is 1. The van der Waals surface area contributed by atoms with Gasteiger partial charge in [0.1, 0.15) is 0 Å². The summed E-state index contributed by atoms with van der Waals surface area (Å²) >= 11 is 7.57. The van der Waals surface area contributed by atoms with Crippen LogP contribution < -0.4 is 5.32 Å². The Labute approximate surface area is 161 Å². The number of guanidine groups is 1. The van der Waals surface area contributed by atoms with Crippen LogP contribution in [0.4, 0.5) is 13.2 Å². The molecule has 10 heteroatoms. The smallest absolute Gasteiger partial charge is 0.355 e. The molecule has 1 aromatic heterocycles. The second-order valence-corrected chi connectivity index (χ2v) is 8.10. The molecule has 0 bridgehead atoms. The van der Waals surface area contributed by atoms with Crippen molar-refractivity contribution in [1.29, 1.82) is 0 Å². The lowest BCUT2D eigenvalue weighted by Gasteiger charge is -2.36. The molecule has 1 aliphatic heterocycles. The summed E-state index contributed by atoms with van der Waals surface area (Å²) in [4.78, 5) is 11.3. The van der Waals surface area contributed by atoms with Gasteiger partial charge in [0.05, 0.1) is 10.9 Å². The van der Waals surface area contributed by atoms with E-state index in [2.05, 4.69) is 26.2 Å². The van der Waals surface area contributed by atoms with E-state index in [0.29, 0.717) is 13.1 Å². The zero-order valence-electron chi connectivity index (χ0n) is 15.0. The highest BCUT2D eigenvalue weighted by molar-refractivity contribution is 7.16. The first-order chi connectivity index (χ1) is 12.3. The molecule has 2 heterocycles. The topological polar surface area (TPSA) is 34.1 Å². The predicted molar refractivity (Wildman–Crippen MR) is 101 cm³/mol. The van der Waals surface area contributed by atoms with Gasteiger partial charge in [-0.15, -0.1) is 11.3 Å². The molecule has 0 radical (unpaired) electrons. The van der Waals surface area contributed by atoms with Crippen molar-refractivity contribution in [2.45, 2.75) is 12.7 Å². The molecular weight excluding hydrogens is 387 g/mol. The van der Waals surface area contributed by atoms with Gasteiger partial charge in [-0.3, -0.25) is 14.8 Å². The van der Waals surface area contributed by atoms with E-state index in [-0.39, 0.29) is 0 Å². The second-order valence-electron chi connectivity index (χ2n) is 6.30. The van der Waals surface area contributed by atoms with Gasteiger partial charge in [0.25, 0.3) is 0 Å². The lowest BCUT2D eigenvalue weighted by Crippen LogP contribution is -2.53. The first-order valence-corrected chi connectivity index (χ1v) is 9.64. The average Bonchev–Trinajstić information content (AvgIpc) is 2.96. The van der Waals surface area contributed by atoms with Gasteiger partial charge in [-0.25, -0.2) is 0 Å². The van der Waals surface area contributed by atoms with Crippen molar-refractivity contribution in [2.24, 2.45) is 4.99 Å². The summed E-state index contributed by atoms with van der Waals surface area (Å²) in [6.07, 6.45) is -4.17. The molecule has 148 valence electrons. The number of thiophene rings is 1. The maximum atomic E-state index is 12.3. The summed E-state index contributed by atoms with van der Waals surface area (Å²) in [5.74, 6) is 0.740. The SMILES string of the molecule is CN=C(NCCN(C)CC(F)(F)F)N1CCN(Cc2ccc(Cl)s2)CC1. The summed E-state index contributed by atoms with van der Waals surface area (Å²) in [6, 6.07) is 3.97. The molecule has 1 fully saturated rings. The highest BCUT2D eigenvalue weighted by Gasteiger charge is 2.29. The van der Waals surface area contributed by atoms with E-state index in [1.54, 1.807) is 18.4 Å². The molecule has 26 heavy (non-hydrogen) atoms. The predicted octanol–water partition coefficient (Wildman–Crippen LogP) is 2.59. The lowest BCUT2D eigenvalue weighted by molar-refractivity contribution is -0.142. The number of alkyl halides is 3. The Hall–Kier alpha value is -1.03. The van der Waals surface area contributed by atoms with Crippen LogP contribution in [-0.2, 0) is 6.54 Å². The van der Waals surface area contributed by atoms with Gasteiger partial charge in [0.15, 0.2) is 5.96 Å². The van der Waals surface area contributed by atoms with Crippen molar-refractivity contribution in [1.82, 2.24) is 20.0 Å². The molecular formula is C16H25ClF3N5S. The summed E-state index contributed by atoms with van der Waals surface area (Å²) in [5.41, 5.74) is 0. The summed E-state index contributed by atoms with van der Waals surface area (Å²) in [6.45, 7) is 4.19. The van der Waals surface area contributed by atoms with Crippen LogP contribution in [0.15, 0.2) is 17.1 Å². The Morgan fingerprint density at radius 1 is 1.31 bits per heavy atom. The Balaban J connectivity index is 1.71. The molecule has 1 aromatic rings. The quantitative estimate of drug-likeness (QED) is 0.576. The highest BCUT2D eigenvalue weighted by atomic mass is 35.5. The molecule has 0 aliphatic carbocycles. The lowest BCUT2D eigenvalue weighted by atomic mass is 10.3. The molecule has 1 saturated heterocycles. The van der Waals surface area contributed by atoms with Crippen LogP contribution in [0.5, 0.6) is 0 Å². The van der Waals surface area contributed by atoms with Crippen LogP contribution in [0, 0.1) is 0 Å². The van der Waals surface area contributed by atoms with Crippen molar-refractivity contribution in [3.8, 4) is 0 Å². The van der Waals surface area contributed by atoms with Crippen molar-refractivity contribution < 1.29 is 13.2 Å². The Kier molecular flexibility index (Phi) is 8.00. The molecule has 0 spiro atoms. The molecule has 1 aliphatic rings. The van der Waals surface area contributed by atoms with E-state index in [1.807, 2.05) is 6.07 Å². The first kappa shape index (κ1) is 21.3. The fourth-order valence-corrected chi connectivity index (χ4v) is 3.98. The number of nitrogens with zero attached hydrogens (tertiary/aromatic N) is 4. The molecule has 0 atom stereocenters. The molecule has 0 saturated carbocycles. The van der Waals surface area contributed by atoms with Crippen LogP contribution in [0.25, 0.3) is 0 Å². The standard InChI is InChI=1S/C16H25ClF3N5S/c1-21-15(22-5-6-23(2)12-16(18,19)20)25-9-7-24(8-10-25)11-13-3-4-14(17)26-13/h3-4H,5-12H2,1-2H3,(H,21,22). The number of nitrogens with one attached hydrogen (secondary N) is 1. The van der Waals surface area contributed by atoms with Crippen molar-refractivity contribution in [3.05, 3.63) is 21.3 Å². The normalized spacial score (nSPS) is 17.2. The van der Waals surface area contributed by atoms with Gasteiger partial charge in [0, 0.05) is 57.7 Å². The van der Waals surface area contributed by atoms with Gasteiger partial charge in [-0.1, -0.05) is 11.6 Å². The van der Waals surface area contributed by atoms with Gasteiger partial charge in [-0.2, -0.15) is 13.2 Å². The minimum absolute atomic E-state index is 0.303. The van der Waals surface area contributed by atoms with Crippen LogP contribution in [-0.4, -0.2) is 86.7 Å². The molecule has 0 unspecified atom stereocenters. The van der Waals surface area contributed by atoms with Crippen molar-refractivity contribution in [2.75, 3.05) is 59.9 Å². The minimum Gasteiger partial charge on any atom is -0.355 e. The maximum absolute atomic E-state index is 12.3. The van der Waals surface area contributed by atoms with Gasteiger partial charge >= 0.3 is 6.18 Å². The molecule has 2 rings (SSSR count). The zero-order valence-corrected chi connectivity index (χ0v) is 16.6. The van der Waals surface area contributed by atoms with E-state index in [4.69, 9.17) is 11.6 Å². The van der Waals surface area contributed by atoms with E-state index in [0.717, 1.165) is 43.0 Å². The highest BCUT2D eigenvalue weighted by Crippen LogP contribution is 2.23. The molecule has 0 amide bonds. The fourth-order valence-electron chi connectivity index (χ4n) is 2.85. The number of likely N-dealkylation sites (N-methyl/N-ethyl adjacent to an activating group) is 1. The second kappa shape index (κ2) is 9.77. The van der Waals surface area contributed by atoms with E-state index < -0.39 is 12.7 Å². The summed E-state index contributed by atoms with van der Waals surface area (Å²) < 4.78 is 37.8. The van der Waals surface area contributed by atoms with Crippen LogP contribution in [0.1, 0.15) is 4.88 Å². The zero-order chi connectivity index (χ0) is 19.2. The third-order valence-electron chi connectivity index (χ3n) is 4.12. The van der Waals surface area contributed by atoms with Crippen LogP contribution in [0.2, 0.25) is 4.34 Å². The number of halogens is 4. The van der Waals surface area contributed by atoms with Crippen molar-refractivity contribution >= 4 is 28.9 Å². The van der Waals surface area contributed by atoms with Crippen LogP contribution in [0.3, 0.4) is 0 Å². The Bertz CT molecular complexity index is 585.